The SMILES string of the molecule is CC(C)(C)NC(=O)[C@@H]1CN(Cc2cccnc2)CCN1C[C@H](C[C@@H](Cc1ccccc1)C(=O)N1[C@H]2c3ccccc3C[C@H]2OC1(C)C)OC(=O)COc1ccc(C[C@H](NC(=O)OC(C)(C)C)C(=O)OC(C)(C)C)cc1. The summed E-state index contributed by atoms with van der Waals surface area (Å²) in [5.41, 5.74) is 1.91. The largest absolute Gasteiger partial charge is 0.482 e. The van der Waals surface area contributed by atoms with Gasteiger partial charge in [0.1, 0.15) is 40.9 Å². The molecule has 7 rings (SSSR count). The molecule has 404 valence electrons. The van der Waals surface area contributed by atoms with Crippen LogP contribution in [0.1, 0.15) is 116 Å². The quantitative estimate of drug-likeness (QED) is 0.0731. The zero-order valence-corrected chi connectivity index (χ0v) is 45.7. The molecule has 16 heteroatoms. The number of amides is 3. The molecule has 2 fully saturated rings. The molecule has 0 saturated carbocycles. The zero-order valence-electron chi connectivity index (χ0n) is 45.7. The molecule has 0 unspecified atom stereocenters. The van der Waals surface area contributed by atoms with E-state index in [1.54, 1.807) is 72.0 Å². The van der Waals surface area contributed by atoms with Gasteiger partial charge in [-0.05, 0) is 135 Å². The topological polar surface area (TPSA) is 178 Å². The Morgan fingerprint density at radius 2 is 1.45 bits per heavy atom. The summed E-state index contributed by atoms with van der Waals surface area (Å²) in [5, 5.41) is 5.85. The predicted octanol–water partition coefficient (Wildman–Crippen LogP) is 7.76. The molecule has 6 atom stereocenters. The second-order valence-corrected chi connectivity index (χ2v) is 23.6. The third-order valence-corrected chi connectivity index (χ3v) is 13.2. The molecule has 4 aromatic rings. The molecule has 0 bridgehead atoms. The fraction of sp³-hybridized carbons (Fsp3) is 0.525. The molecular formula is C59H78N6O10. The van der Waals surface area contributed by atoms with Crippen molar-refractivity contribution in [2.24, 2.45) is 5.92 Å². The summed E-state index contributed by atoms with van der Waals surface area (Å²) >= 11 is 0. The van der Waals surface area contributed by atoms with Crippen molar-refractivity contribution in [3.05, 3.63) is 131 Å². The summed E-state index contributed by atoms with van der Waals surface area (Å²) in [5.74, 6) is -1.81. The summed E-state index contributed by atoms with van der Waals surface area (Å²) in [4.78, 5) is 80.6. The maximum absolute atomic E-state index is 15.5. The van der Waals surface area contributed by atoms with Crippen LogP contribution in [0.4, 0.5) is 4.79 Å². The van der Waals surface area contributed by atoms with E-state index in [0.717, 1.165) is 22.3 Å². The lowest BCUT2D eigenvalue weighted by Gasteiger charge is -2.43. The van der Waals surface area contributed by atoms with Crippen LogP contribution in [0.3, 0.4) is 0 Å². The van der Waals surface area contributed by atoms with E-state index in [0.29, 0.717) is 50.3 Å². The molecule has 3 aliphatic rings. The van der Waals surface area contributed by atoms with Gasteiger partial charge >= 0.3 is 18.0 Å². The molecule has 3 amide bonds. The van der Waals surface area contributed by atoms with Crippen LogP contribution in [0, 0.1) is 5.92 Å². The van der Waals surface area contributed by atoms with Gasteiger partial charge in [-0.3, -0.25) is 24.4 Å². The van der Waals surface area contributed by atoms with Crippen LogP contribution < -0.4 is 15.4 Å². The molecule has 2 saturated heterocycles. The van der Waals surface area contributed by atoms with Gasteiger partial charge in [0, 0.05) is 69.4 Å². The van der Waals surface area contributed by atoms with Crippen molar-refractivity contribution in [2.75, 3.05) is 32.8 Å². The van der Waals surface area contributed by atoms with Gasteiger partial charge in [-0.2, -0.15) is 0 Å². The van der Waals surface area contributed by atoms with Gasteiger partial charge in [-0.25, -0.2) is 14.4 Å². The maximum Gasteiger partial charge on any atom is 0.408 e. The maximum atomic E-state index is 15.5. The highest BCUT2D eigenvalue weighted by Gasteiger charge is 2.55. The summed E-state index contributed by atoms with van der Waals surface area (Å²) < 4.78 is 30.2. The molecule has 1 aliphatic carbocycles. The lowest BCUT2D eigenvalue weighted by molar-refractivity contribution is -0.160. The lowest BCUT2D eigenvalue weighted by Crippen LogP contribution is -2.62. The van der Waals surface area contributed by atoms with Gasteiger partial charge < -0.3 is 39.2 Å². The Morgan fingerprint density at radius 1 is 0.787 bits per heavy atom. The van der Waals surface area contributed by atoms with Crippen LogP contribution in [0.5, 0.6) is 5.75 Å². The molecule has 2 aliphatic heterocycles. The van der Waals surface area contributed by atoms with Gasteiger partial charge in [0.25, 0.3) is 0 Å². The number of piperazine rings is 1. The van der Waals surface area contributed by atoms with Crippen LogP contribution in [0.25, 0.3) is 0 Å². The molecule has 0 radical (unpaired) electrons. The number of carbonyl (C=O) groups is 5. The first-order valence-corrected chi connectivity index (χ1v) is 26.2. The molecule has 3 heterocycles. The number of hydrogen-bond donors (Lipinski definition) is 2. The third-order valence-electron chi connectivity index (χ3n) is 13.2. The van der Waals surface area contributed by atoms with Crippen molar-refractivity contribution in [3.63, 3.8) is 0 Å². The summed E-state index contributed by atoms with van der Waals surface area (Å²) in [6.07, 6.45) is 3.09. The predicted molar refractivity (Wildman–Crippen MR) is 284 cm³/mol. The fourth-order valence-electron chi connectivity index (χ4n) is 10.2. The Labute approximate surface area is 443 Å². The summed E-state index contributed by atoms with van der Waals surface area (Å²) in [6, 6.07) is 26.9. The number of esters is 2. The van der Waals surface area contributed by atoms with Gasteiger partial charge in [-0.1, -0.05) is 72.8 Å². The smallest absolute Gasteiger partial charge is 0.408 e. The summed E-state index contributed by atoms with van der Waals surface area (Å²) in [6.45, 7) is 22.1. The van der Waals surface area contributed by atoms with Crippen molar-refractivity contribution in [3.8, 4) is 5.75 Å². The molecule has 0 spiro atoms. The summed E-state index contributed by atoms with van der Waals surface area (Å²) in [7, 11) is 0. The van der Waals surface area contributed by atoms with E-state index < -0.39 is 71.2 Å². The number of benzene rings is 3. The Bertz CT molecular complexity index is 2590. The Balaban J connectivity index is 1.14. The van der Waals surface area contributed by atoms with E-state index >= 15 is 4.79 Å². The van der Waals surface area contributed by atoms with Crippen molar-refractivity contribution in [2.45, 2.75) is 161 Å². The highest BCUT2D eigenvalue weighted by atomic mass is 16.6. The minimum atomic E-state index is -1.04. The Morgan fingerprint density at radius 3 is 2.12 bits per heavy atom. The second kappa shape index (κ2) is 23.7. The second-order valence-electron chi connectivity index (χ2n) is 23.6. The number of nitrogens with one attached hydrogen (secondary N) is 2. The van der Waals surface area contributed by atoms with Gasteiger partial charge in [0.05, 0.1) is 12.1 Å². The van der Waals surface area contributed by atoms with Crippen molar-refractivity contribution in [1.82, 2.24) is 30.3 Å². The van der Waals surface area contributed by atoms with Gasteiger partial charge in [0.15, 0.2) is 6.61 Å². The van der Waals surface area contributed by atoms with Crippen molar-refractivity contribution >= 4 is 29.8 Å². The van der Waals surface area contributed by atoms with Gasteiger partial charge in [-0.15, -0.1) is 0 Å². The van der Waals surface area contributed by atoms with E-state index in [1.165, 1.54) is 0 Å². The minimum absolute atomic E-state index is 0.0994. The number of alkyl carbamates (subject to hydrolysis) is 1. The van der Waals surface area contributed by atoms with E-state index in [1.807, 2.05) is 100 Å². The molecule has 2 N–H and O–H groups in total. The number of pyridine rings is 1. The monoisotopic (exact) mass is 1030 g/mol. The highest BCUT2D eigenvalue weighted by Crippen LogP contribution is 2.49. The lowest BCUT2D eigenvalue weighted by atomic mass is 9.90. The zero-order chi connectivity index (χ0) is 54.3. The third kappa shape index (κ3) is 16.1. The average Bonchev–Trinajstić information content (AvgIpc) is 3.79. The molecule has 1 aromatic heterocycles. The first kappa shape index (κ1) is 56.4. The first-order chi connectivity index (χ1) is 35.3. The molecule has 16 nitrogen and oxygen atoms in total. The number of hydrogen-bond acceptors (Lipinski definition) is 13. The number of aromatic nitrogens is 1. The van der Waals surface area contributed by atoms with Crippen LogP contribution in [-0.2, 0) is 63.9 Å². The Hall–Kier alpha value is -6.36. The van der Waals surface area contributed by atoms with E-state index in [4.69, 9.17) is 23.7 Å². The van der Waals surface area contributed by atoms with Crippen LogP contribution in [0.15, 0.2) is 103 Å². The molecule has 75 heavy (non-hydrogen) atoms. The highest BCUT2D eigenvalue weighted by molar-refractivity contribution is 5.83. The average molecular weight is 1030 g/mol. The number of carbonyl (C=O) groups excluding carboxylic acids is 5. The Kier molecular flexibility index (Phi) is 17.8. The van der Waals surface area contributed by atoms with Crippen LogP contribution >= 0.6 is 0 Å². The number of ether oxygens (including phenoxy) is 5. The van der Waals surface area contributed by atoms with Gasteiger partial charge in [0.2, 0.25) is 11.8 Å². The van der Waals surface area contributed by atoms with Crippen LogP contribution in [-0.4, -0.2) is 129 Å². The van der Waals surface area contributed by atoms with E-state index in [9.17, 15) is 19.2 Å². The molecular weight excluding hydrogens is 953 g/mol. The van der Waals surface area contributed by atoms with Crippen LogP contribution in [0.2, 0.25) is 0 Å². The normalized spacial score (nSPS) is 19.9. The van der Waals surface area contributed by atoms with Crippen molar-refractivity contribution < 1.29 is 47.7 Å². The van der Waals surface area contributed by atoms with E-state index in [2.05, 4.69) is 37.6 Å². The number of fused-ring (bicyclic) bond motifs is 3. The number of rotatable bonds is 18. The minimum Gasteiger partial charge on any atom is -0.482 e. The fourth-order valence-corrected chi connectivity index (χ4v) is 10.2. The molecule has 3 aromatic carbocycles. The van der Waals surface area contributed by atoms with Crippen molar-refractivity contribution in [1.29, 1.82) is 0 Å². The number of nitrogens with zero attached hydrogens (tertiary/aromatic N) is 4. The first-order valence-electron chi connectivity index (χ1n) is 26.2. The standard InChI is InChI=1S/C59H78N6O10/c1-56(2,3)62-52(67)48-37-63(35-41-20-17-27-60-34-41)28-29-64(48)36-45(32-43(30-39-18-13-12-14-19-39)53(68)65-51-46-22-16-15-21-42(46)33-49(51)73-59(65,10)11)72-50(66)38-71-44-25-23-40(24-26-44)31-47(54(69)74-57(4,5)6)61-55(70)75-58(7,8)9/h12-27,34,43,45,47-49,51H,28-33,35-38H2,1-11H3,(H,61,70)(H,62,67)/t43-,45+,47+,48+,49-,51+/m1/s1. The van der Waals surface area contributed by atoms with E-state index in [-0.39, 0.29) is 43.3 Å².